The zero-order valence-electron chi connectivity index (χ0n) is 20.8. The van der Waals surface area contributed by atoms with Crippen molar-refractivity contribution in [3.05, 3.63) is 71.8 Å². The van der Waals surface area contributed by atoms with E-state index >= 15 is 0 Å². The number of esters is 4. The molecule has 4 N–H and O–H groups in total. The molecule has 0 spiro atoms. The predicted octanol–water partition coefficient (Wildman–Crippen LogP) is 1.06. The summed E-state index contributed by atoms with van der Waals surface area (Å²) >= 11 is 0. The highest BCUT2D eigenvalue weighted by atomic mass is 16.6. The van der Waals surface area contributed by atoms with Crippen molar-refractivity contribution in [3.8, 4) is 0 Å². The first-order chi connectivity index (χ1) is 18.1. The molecule has 0 aromatic heterocycles. The van der Waals surface area contributed by atoms with Crippen molar-refractivity contribution in [1.82, 2.24) is 10.6 Å². The molecule has 1 aliphatic carbocycles. The van der Waals surface area contributed by atoms with E-state index in [1.165, 1.54) is 31.2 Å². The normalized spacial score (nSPS) is 17.8. The van der Waals surface area contributed by atoms with Crippen LogP contribution in [0.3, 0.4) is 0 Å². The van der Waals surface area contributed by atoms with Gasteiger partial charge in [-0.1, -0.05) is 36.4 Å². The molecule has 1 fully saturated rings. The monoisotopic (exact) mass is 523 g/mol. The number of hydrogen-bond donors (Lipinski definition) is 3. The van der Waals surface area contributed by atoms with Crippen LogP contribution in [0.25, 0.3) is 0 Å². The van der Waals surface area contributed by atoms with Gasteiger partial charge in [-0.2, -0.15) is 0 Å². The van der Waals surface area contributed by atoms with Gasteiger partial charge in [0.1, 0.15) is 5.78 Å². The highest BCUT2D eigenvalue weighted by Gasteiger charge is 2.37. The van der Waals surface area contributed by atoms with E-state index in [9.17, 15) is 28.8 Å². The van der Waals surface area contributed by atoms with Gasteiger partial charge in [-0.05, 0) is 44.0 Å². The summed E-state index contributed by atoms with van der Waals surface area (Å²) in [6, 6.07) is 13.2. The Balaban J connectivity index is 1.52. The summed E-state index contributed by atoms with van der Waals surface area (Å²) in [4.78, 5) is 72.9. The number of primary amides is 1. The lowest BCUT2D eigenvalue weighted by Crippen LogP contribution is -2.62. The number of carbonyl (C=O) groups excluding carboxylic acids is 6. The summed E-state index contributed by atoms with van der Waals surface area (Å²) in [7, 11) is 0. The molecule has 0 radical (unpaired) electrons. The van der Waals surface area contributed by atoms with E-state index in [1.54, 1.807) is 36.4 Å². The van der Waals surface area contributed by atoms with Crippen molar-refractivity contribution in [2.24, 2.45) is 5.73 Å². The Bertz CT molecular complexity index is 1090. The molecule has 2 aromatic carbocycles. The fourth-order valence-electron chi connectivity index (χ4n) is 3.87. The van der Waals surface area contributed by atoms with Crippen molar-refractivity contribution in [2.75, 3.05) is 0 Å². The summed E-state index contributed by atoms with van der Waals surface area (Å²) in [5.74, 6) is -4.60. The van der Waals surface area contributed by atoms with Crippen LogP contribution in [-0.2, 0) is 28.7 Å². The van der Waals surface area contributed by atoms with Gasteiger partial charge in [-0.25, -0.2) is 9.59 Å². The number of amides is 1. The smallest absolute Gasteiger partial charge is 0.345 e. The summed E-state index contributed by atoms with van der Waals surface area (Å²) in [5.41, 5.74) is 5.84. The minimum atomic E-state index is -1.12. The summed E-state index contributed by atoms with van der Waals surface area (Å²) < 4.78 is 9.67. The molecule has 0 aliphatic heterocycles. The Labute approximate surface area is 219 Å². The molecule has 0 bridgehead atoms. The van der Waals surface area contributed by atoms with Crippen molar-refractivity contribution in [3.63, 3.8) is 0 Å². The van der Waals surface area contributed by atoms with Gasteiger partial charge >= 0.3 is 23.9 Å². The third-order valence-corrected chi connectivity index (χ3v) is 6.11. The van der Waals surface area contributed by atoms with Crippen LogP contribution < -0.4 is 16.4 Å². The molecule has 0 heterocycles. The largest absolute Gasteiger partial charge is 0.389 e. The van der Waals surface area contributed by atoms with Gasteiger partial charge in [0, 0.05) is 12.1 Å². The minimum absolute atomic E-state index is 0.187. The summed E-state index contributed by atoms with van der Waals surface area (Å²) in [5, 5.41) is 6.02. The number of Topliss-reactive ketones (excluding diaryl/α,β-unsaturated/α-hetero) is 1. The second-order valence-corrected chi connectivity index (χ2v) is 8.91. The fourth-order valence-corrected chi connectivity index (χ4v) is 3.87. The zero-order valence-corrected chi connectivity index (χ0v) is 20.8. The van der Waals surface area contributed by atoms with Gasteiger partial charge in [0.25, 0.3) is 0 Å². The highest BCUT2D eigenvalue weighted by Crippen LogP contribution is 2.22. The van der Waals surface area contributed by atoms with Gasteiger partial charge in [0.15, 0.2) is 0 Å². The molecule has 4 atom stereocenters. The molecule has 1 aliphatic rings. The molecule has 1 saturated carbocycles. The second kappa shape index (κ2) is 13.4. The Morgan fingerprint density at radius 1 is 0.737 bits per heavy atom. The first-order valence-corrected chi connectivity index (χ1v) is 12.1. The van der Waals surface area contributed by atoms with Crippen molar-refractivity contribution in [1.29, 1.82) is 0 Å². The summed E-state index contributed by atoms with van der Waals surface area (Å²) in [6.07, 6.45) is 0.369. The molecule has 3 rings (SSSR count). The van der Waals surface area contributed by atoms with E-state index in [0.29, 0.717) is 12.8 Å². The quantitative estimate of drug-likeness (QED) is 0.270. The number of ketones is 1. The first-order valence-electron chi connectivity index (χ1n) is 12.1. The lowest BCUT2D eigenvalue weighted by Gasteiger charge is -2.41. The van der Waals surface area contributed by atoms with E-state index in [-0.39, 0.29) is 35.4 Å². The Morgan fingerprint density at radius 2 is 1.13 bits per heavy atom. The van der Waals surface area contributed by atoms with Crippen LogP contribution in [0.2, 0.25) is 0 Å². The number of nitrogens with one attached hydrogen (secondary N) is 2. The lowest BCUT2D eigenvalue weighted by atomic mass is 9.84. The SMILES string of the molecule is CC(=O)[C@H](CC(=O)OC(=O)c1ccccc1)NC1CCC1N[C@@H](CC(=O)OC(=O)c1ccccc1)C(N)=O. The predicted molar refractivity (Wildman–Crippen MR) is 133 cm³/mol. The van der Waals surface area contributed by atoms with Crippen LogP contribution in [-0.4, -0.2) is 59.7 Å². The van der Waals surface area contributed by atoms with E-state index in [4.69, 9.17) is 15.2 Å². The average Bonchev–Trinajstić information content (AvgIpc) is 2.88. The molecule has 11 heteroatoms. The minimum Gasteiger partial charge on any atom is -0.389 e. The van der Waals surface area contributed by atoms with E-state index < -0.39 is 48.3 Å². The Hall–Kier alpha value is -4.22. The molecule has 2 unspecified atom stereocenters. The van der Waals surface area contributed by atoms with Crippen LogP contribution in [0, 0.1) is 0 Å². The van der Waals surface area contributed by atoms with Crippen molar-refractivity contribution >= 4 is 35.6 Å². The van der Waals surface area contributed by atoms with Gasteiger partial charge in [0.05, 0.1) is 36.1 Å². The molecular formula is C27H29N3O8. The molecule has 2 aromatic rings. The molecular weight excluding hydrogens is 494 g/mol. The number of benzene rings is 2. The number of carbonyl (C=O) groups is 6. The lowest BCUT2D eigenvalue weighted by molar-refractivity contribution is -0.141. The first kappa shape index (κ1) is 28.4. The average molecular weight is 524 g/mol. The molecule has 38 heavy (non-hydrogen) atoms. The third kappa shape index (κ3) is 8.15. The van der Waals surface area contributed by atoms with Crippen LogP contribution in [0.5, 0.6) is 0 Å². The standard InChI is InChI=1S/C27H29N3O8/c1-16(31)21(14-23(32)37-26(35)17-8-4-2-5-9-17)29-19-12-13-20(19)30-22(25(28)34)15-24(33)38-27(36)18-10-6-3-7-11-18/h2-11,19-22,29-30H,12-15H2,1H3,(H2,28,34)/t19?,20?,21-,22-/m0/s1. The van der Waals surface area contributed by atoms with E-state index in [1.807, 2.05) is 0 Å². The zero-order chi connectivity index (χ0) is 27.7. The van der Waals surface area contributed by atoms with Gasteiger partial charge < -0.3 is 25.8 Å². The van der Waals surface area contributed by atoms with E-state index in [0.717, 1.165) is 0 Å². The third-order valence-electron chi connectivity index (χ3n) is 6.11. The number of nitrogens with two attached hydrogens (primary N) is 1. The highest BCUT2D eigenvalue weighted by molar-refractivity contribution is 5.98. The van der Waals surface area contributed by atoms with Gasteiger partial charge in [-0.3, -0.25) is 19.2 Å². The van der Waals surface area contributed by atoms with Crippen LogP contribution >= 0.6 is 0 Å². The molecule has 200 valence electrons. The number of ether oxygens (including phenoxy) is 2. The Morgan fingerprint density at radius 3 is 1.50 bits per heavy atom. The number of rotatable bonds is 12. The maximum absolute atomic E-state index is 12.3. The van der Waals surface area contributed by atoms with Crippen LogP contribution in [0.15, 0.2) is 60.7 Å². The Kier molecular flexibility index (Phi) is 9.97. The van der Waals surface area contributed by atoms with Gasteiger partial charge in [-0.15, -0.1) is 0 Å². The fraction of sp³-hybridized carbons (Fsp3) is 0.333. The van der Waals surface area contributed by atoms with E-state index in [2.05, 4.69) is 10.6 Å². The summed E-state index contributed by atoms with van der Waals surface area (Å²) in [6.45, 7) is 1.30. The maximum Gasteiger partial charge on any atom is 0.345 e. The van der Waals surface area contributed by atoms with Crippen molar-refractivity contribution in [2.45, 2.75) is 56.8 Å². The second-order valence-electron chi connectivity index (χ2n) is 8.91. The van der Waals surface area contributed by atoms with Crippen LogP contribution in [0.4, 0.5) is 0 Å². The maximum atomic E-state index is 12.3. The molecule has 0 saturated heterocycles. The molecule has 1 amide bonds. The number of hydrogen-bond acceptors (Lipinski definition) is 10. The van der Waals surface area contributed by atoms with Crippen molar-refractivity contribution < 1.29 is 38.2 Å². The van der Waals surface area contributed by atoms with Crippen LogP contribution in [0.1, 0.15) is 53.3 Å². The van der Waals surface area contributed by atoms with Gasteiger partial charge in [0.2, 0.25) is 5.91 Å². The molecule has 11 nitrogen and oxygen atoms in total. The topological polar surface area (TPSA) is 171 Å².